The molecule has 0 amide bonds. The van der Waals surface area contributed by atoms with Crippen LogP contribution in [-0.4, -0.2) is 53.6 Å². The first kappa shape index (κ1) is 40.2. The number of esters is 4. The average molecular weight is 757 g/mol. The van der Waals surface area contributed by atoms with Crippen LogP contribution in [-0.2, 0) is 40.3 Å². The maximum Gasteiger partial charge on any atom is 0.348 e. The molecule has 2 heterocycles. The third kappa shape index (κ3) is 16.2. The van der Waals surface area contributed by atoms with E-state index in [1.165, 1.54) is 36.9 Å². The normalized spacial score (nSPS) is 11.7. The minimum Gasteiger partial charge on any atom is -0.465 e. The van der Waals surface area contributed by atoms with E-state index in [2.05, 4.69) is 41.3 Å². The van der Waals surface area contributed by atoms with E-state index in [9.17, 15) is 19.2 Å². The molecular formula is C30H44Br2O8S2. The number of halogens is 2. The molecule has 42 heavy (non-hydrogen) atoms. The Labute approximate surface area is 275 Å². The fourth-order valence-corrected chi connectivity index (χ4v) is 5.21. The Balaban J connectivity index is 0.000000650. The molecule has 0 radical (unpaired) electrons. The number of thiophene rings is 2. The van der Waals surface area contributed by atoms with Crippen LogP contribution in [0.3, 0.4) is 0 Å². The fourth-order valence-electron chi connectivity index (χ4n) is 2.67. The van der Waals surface area contributed by atoms with Crippen LogP contribution < -0.4 is 0 Å². The smallest absolute Gasteiger partial charge is 0.348 e. The van der Waals surface area contributed by atoms with Crippen molar-refractivity contribution >= 4 is 78.4 Å². The summed E-state index contributed by atoms with van der Waals surface area (Å²) in [6.07, 6.45) is 0.531. The van der Waals surface area contributed by atoms with Gasteiger partial charge in [-0.3, -0.25) is 9.59 Å². The van der Waals surface area contributed by atoms with E-state index in [-0.39, 0.29) is 23.9 Å². The molecule has 0 saturated carbocycles. The van der Waals surface area contributed by atoms with Gasteiger partial charge in [-0.2, -0.15) is 0 Å². The lowest BCUT2D eigenvalue weighted by molar-refractivity contribution is -0.165. The van der Waals surface area contributed by atoms with Crippen molar-refractivity contribution in [2.24, 2.45) is 5.41 Å². The van der Waals surface area contributed by atoms with Crippen molar-refractivity contribution in [3.05, 3.63) is 43.8 Å². The van der Waals surface area contributed by atoms with Crippen LogP contribution in [0.25, 0.3) is 0 Å². The van der Waals surface area contributed by atoms with Gasteiger partial charge < -0.3 is 18.9 Å². The van der Waals surface area contributed by atoms with Crippen LogP contribution in [0.5, 0.6) is 0 Å². The summed E-state index contributed by atoms with van der Waals surface area (Å²) in [4.78, 5) is 49.0. The highest BCUT2D eigenvalue weighted by Gasteiger charge is 2.33. The van der Waals surface area contributed by atoms with Gasteiger partial charge in [0.15, 0.2) is 0 Å². The van der Waals surface area contributed by atoms with E-state index in [1.807, 2.05) is 67.5 Å². The van der Waals surface area contributed by atoms with Gasteiger partial charge in [0.25, 0.3) is 0 Å². The van der Waals surface area contributed by atoms with Gasteiger partial charge in [-0.1, -0.05) is 31.9 Å². The topological polar surface area (TPSA) is 105 Å². The van der Waals surface area contributed by atoms with Crippen LogP contribution in [0, 0.1) is 5.41 Å². The van der Waals surface area contributed by atoms with Crippen LogP contribution in [0.15, 0.2) is 24.3 Å². The van der Waals surface area contributed by atoms with Gasteiger partial charge in [0, 0.05) is 15.1 Å². The maximum atomic E-state index is 12.2. The van der Waals surface area contributed by atoms with E-state index in [1.54, 1.807) is 26.0 Å². The maximum absolute atomic E-state index is 12.2. The third-order valence-corrected chi connectivity index (χ3v) is 8.11. The molecule has 0 unspecified atom stereocenters. The second-order valence-corrected chi connectivity index (χ2v) is 17.1. The van der Waals surface area contributed by atoms with E-state index < -0.39 is 20.9 Å². The quantitative estimate of drug-likeness (QED) is 0.158. The molecule has 0 atom stereocenters. The van der Waals surface area contributed by atoms with Gasteiger partial charge in [-0.05, 0) is 99.9 Å². The standard InChI is InChI=1S/C15H22O4S.C8H15BrO2.C7H7BrO2S/c1-14(2,3)19-13(17)15(4,5)9-10-7-8-11(20-10)12(16)18-6;1-7(2,3)11-6(10)8(4,5)9;1-10-7(9)6-3-2-5(4-8)11-6/h7-8H,9H2,1-6H3;1-5H3;2-3H,4H2,1H3. The summed E-state index contributed by atoms with van der Waals surface area (Å²) in [6, 6.07) is 7.25. The van der Waals surface area contributed by atoms with E-state index in [4.69, 9.17) is 9.47 Å². The van der Waals surface area contributed by atoms with E-state index in [0.717, 1.165) is 15.1 Å². The van der Waals surface area contributed by atoms with Crippen LogP contribution >= 0.6 is 54.5 Å². The van der Waals surface area contributed by atoms with Crippen LogP contribution in [0.4, 0.5) is 0 Å². The highest BCUT2D eigenvalue weighted by molar-refractivity contribution is 9.10. The minimum atomic E-state index is -0.633. The van der Waals surface area contributed by atoms with Crippen LogP contribution in [0.2, 0.25) is 0 Å². The van der Waals surface area contributed by atoms with Gasteiger partial charge in [0.1, 0.15) is 25.3 Å². The number of rotatable bonds is 7. The second-order valence-electron chi connectivity index (χ2n) is 12.2. The van der Waals surface area contributed by atoms with Crippen molar-refractivity contribution in [3.8, 4) is 0 Å². The number of carbonyl (C=O) groups excluding carboxylic acids is 4. The molecule has 2 aromatic rings. The van der Waals surface area contributed by atoms with Crippen molar-refractivity contribution in [2.75, 3.05) is 14.2 Å². The molecule has 2 aromatic heterocycles. The molecule has 8 nitrogen and oxygen atoms in total. The summed E-state index contributed by atoms with van der Waals surface area (Å²) in [5.74, 6) is -1.08. The Kier molecular flexibility index (Phi) is 16.2. The molecule has 0 aliphatic heterocycles. The number of carbonyl (C=O) groups is 4. The predicted molar refractivity (Wildman–Crippen MR) is 176 cm³/mol. The third-order valence-electron chi connectivity index (χ3n) is 4.68. The molecule has 12 heteroatoms. The summed E-state index contributed by atoms with van der Waals surface area (Å²) < 4.78 is 19.2. The Hall–Kier alpha value is -1.76. The molecular weight excluding hydrogens is 712 g/mol. The molecule has 2 rings (SSSR count). The lowest BCUT2D eigenvalue weighted by Gasteiger charge is -2.28. The molecule has 0 aromatic carbocycles. The summed E-state index contributed by atoms with van der Waals surface area (Å²) >= 11 is 9.31. The first-order valence-corrected chi connectivity index (χ1v) is 16.6. The first-order chi connectivity index (χ1) is 19.0. The van der Waals surface area contributed by atoms with E-state index in [0.29, 0.717) is 16.2 Å². The summed E-state index contributed by atoms with van der Waals surface area (Å²) in [5.41, 5.74) is -1.53. The summed E-state index contributed by atoms with van der Waals surface area (Å²) in [7, 11) is 2.74. The zero-order chi connectivity index (χ0) is 33.1. The second kappa shape index (κ2) is 16.9. The highest BCUT2D eigenvalue weighted by Crippen LogP contribution is 2.30. The molecule has 0 aliphatic carbocycles. The Morgan fingerprint density at radius 2 is 1.05 bits per heavy atom. The molecule has 0 fully saturated rings. The number of hydrogen-bond acceptors (Lipinski definition) is 10. The first-order valence-electron chi connectivity index (χ1n) is 13.0. The number of methoxy groups -OCH3 is 2. The van der Waals surface area contributed by atoms with E-state index >= 15 is 0 Å². The summed E-state index contributed by atoms with van der Waals surface area (Å²) in [6.45, 7) is 18.3. The van der Waals surface area contributed by atoms with Gasteiger partial charge in [-0.25, -0.2) is 9.59 Å². The van der Waals surface area contributed by atoms with Crippen molar-refractivity contribution in [1.82, 2.24) is 0 Å². The number of alkyl halides is 2. The van der Waals surface area contributed by atoms with Gasteiger partial charge in [0.05, 0.1) is 19.6 Å². The highest BCUT2D eigenvalue weighted by atomic mass is 79.9. The Bertz CT molecular complexity index is 1180. The van der Waals surface area contributed by atoms with Gasteiger partial charge in [0.2, 0.25) is 0 Å². The van der Waals surface area contributed by atoms with Gasteiger partial charge >= 0.3 is 23.9 Å². The van der Waals surface area contributed by atoms with Gasteiger partial charge in [-0.15, -0.1) is 22.7 Å². The molecule has 0 saturated heterocycles. The zero-order valence-corrected chi connectivity index (χ0v) is 31.4. The average Bonchev–Trinajstić information content (AvgIpc) is 3.50. The SMILES string of the molecule is CC(C)(C)OC(=O)C(C)(C)Br.COC(=O)c1ccc(CBr)s1.COC(=O)c1ccc(CC(C)(C)C(=O)OC(C)(C)C)s1. The van der Waals surface area contributed by atoms with Crippen molar-refractivity contribution in [3.63, 3.8) is 0 Å². The molecule has 0 spiro atoms. The van der Waals surface area contributed by atoms with Crippen molar-refractivity contribution in [2.45, 2.75) is 96.5 Å². The van der Waals surface area contributed by atoms with Crippen molar-refractivity contribution < 1.29 is 38.1 Å². The molecule has 238 valence electrons. The largest absolute Gasteiger partial charge is 0.465 e. The Morgan fingerprint density at radius 3 is 1.36 bits per heavy atom. The molecule has 0 bridgehead atoms. The molecule has 0 aliphatic rings. The summed E-state index contributed by atoms with van der Waals surface area (Å²) in [5, 5.41) is 0.786. The Morgan fingerprint density at radius 1 is 0.667 bits per heavy atom. The molecule has 0 N–H and O–H groups in total. The monoisotopic (exact) mass is 754 g/mol. The lowest BCUT2D eigenvalue weighted by Crippen LogP contribution is -2.35. The fraction of sp³-hybridized carbons (Fsp3) is 0.600. The lowest BCUT2D eigenvalue weighted by atomic mass is 9.88. The number of hydrogen-bond donors (Lipinski definition) is 0. The van der Waals surface area contributed by atoms with Crippen LogP contribution in [0.1, 0.15) is 98.3 Å². The zero-order valence-electron chi connectivity index (χ0n) is 26.6. The predicted octanol–water partition coefficient (Wildman–Crippen LogP) is 8.38. The number of ether oxygens (including phenoxy) is 4. The minimum absolute atomic E-state index is 0.231. The van der Waals surface area contributed by atoms with Crippen molar-refractivity contribution in [1.29, 1.82) is 0 Å².